The van der Waals surface area contributed by atoms with E-state index in [2.05, 4.69) is 139 Å². The summed E-state index contributed by atoms with van der Waals surface area (Å²) >= 11 is 0. The highest BCUT2D eigenvalue weighted by atomic mass is 14.9. The van der Waals surface area contributed by atoms with Crippen molar-refractivity contribution in [1.29, 1.82) is 0 Å². The van der Waals surface area contributed by atoms with E-state index in [9.17, 15) is 0 Å². The first-order valence-corrected chi connectivity index (χ1v) is 11.8. The SMILES string of the molecule is c1ccc(C(=Nc2cccc3ccccc23)c2ccc(Nc3cccc4ccccc34)cc2)cc1. The summed E-state index contributed by atoms with van der Waals surface area (Å²) in [6.07, 6.45) is 0. The number of fused-ring (bicyclic) bond motifs is 2. The smallest absolute Gasteiger partial charge is 0.0781 e. The molecule has 0 atom stereocenters. The van der Waals surface area contributed by atoms with Crippen LogP contribution in [0.2, 0.25) is 0 Å². The average molecular weight is 449 g/mol. The van der Waals surface area contributed by atoms with Gasteiger partial charge >= 0.3 is 0 Å². The lowest BCUT2D eigenvalue weighted by Crippen LogP contribution is -2.03. The maximum atomic E-state index is 5.18. The molecule has 0 aliphatic rings. The van der Waals surface area contributed by atoms with Crippen LogP contribution >= 0.6 is 0 Å². The third kappa shape index (κ3) is 4.30. The van der Waals surface area contributed by atoms with Gasteiger partial charge in [0.15, 0.2) is 0 Å². The molecular formula is C33H24N2. The van der Waals surface area contributed by atoms with Crippen molar-refractivity contribution in [3.8, 4) is 0 Å². The molecule has 0 aromatic heterocycles. The van der Waals surface area contributed by atoms with Gasteiger partial charge < -0.3 is 5.32 Å². The highest BCUT2D eigenvalue weighted by Crippen LogP contribution is 2.29. The summed E-state index contributed by atoms with van der Waals surface area (Å²) in [7, 11) is 0. The molecule has 6 rings (SSSR count). The molecule has 0 saturated heterocycles. The van der Waals surface area contributed by atoms with Crippen LogP contribution < -0.4 is 5.32 Å². The van der Waals surface area contributed by atoms with E-state index in [4.69, 9.17) is 4.99 Å². The standard InChI is InChI=1S/C33H24N2/c1-2-12-26(13-3-1)33(35-32-19-9-15-25-11-5-7-17-30(25)32)27-20-22-28(23-21-27)34-31-18-8-14-24-10-4-6-16-29(24)31/h1-23,34H. The molecule has 2 heteroatoms. The molecule has 0 saturated carbocycles. The summed E-state index contributed by atoms with van der Waals surface area (Å²) in [6.45, 7) is 0. The Balaban J connectivity index is 1.40. The third-order valence-electron chi connectivity index (χ3n) is 6.27. The summed E-state index contributed by atoms with van der Waals surface area (Å²) < 4.78 is 0. The second-order valence-corrected chi connectivity index (χ2v) is 8.55. The van der Waals surface area contributed by atoms with Gasteiger partial charge in [-0.3, -0.25) is 0 Å². The van der Waals surface area contributed by atoms with Gasteiger partial charge in [-0.25, -0.2) is 4.99 Å². The molecule has 2 nitrogen and oxygen atoms in total. The second kappa shape index (κ2) is 9.28. The number of hydrogen-bond acceptors (Lipinski definition) is 2. The number of benzene rings is 6. The molecule has 1 N–H and O–H groups in total. The maximum absolute atomic E-state index is 5.18. The lowest BCUT2D eigenvalue weighted by molar-refractivity contribution is 1.49. The molecule has 0 amide bonds. The van der Waals surface area contributed by atoms with Crippen LogP contribution in [0, 0.1) is 0 Å². The minimum absolute atomic E-state index is 0.957. The molecule has 0 aliphatic carbocycles. The van der Waals surface area contributed by atoms with Crippen molar-refractivity contribution >= 4 is 44.3 Å². The molecular weight excluding hydrogens is 424 g/mol. The molecule has 0 fully saturated rings. The Morgan fingerprint density at radius 1 is 0.457 bits per heavy atom. The van der Waals surface area contributed by atoms with Crippen molar-refractivity contribution in [2.24, 2.45) is 4.99 Å². The van der Waals surface area contributed by atoms with Crippen LogP contribution in [0.3, 0.4) is 0 Å². The Hall–Kier alpha value is -4.69. The molecule has 35 heavy (non-hydrogen) atoms. The molecule has 0 heterocycles. The van der Waals surface area contributed by atoms with Crippen molar-refractivity contribution in [3.63, 3.8) is 0 Å². The highest BCUT2D eigenvalue weighted by molar-refractivity contribution is 6.15. The van der Waals surface area contributed by atoms with Gasteiger partial charge in [-0.1, -0.05) is 115 Å². The molecule has 0 bridgehead atoms. The van der Waals surface area contributed by atoms with E-state index in [1.165, 1.54) is 16.2 Å². The van der Waals surface area contributed by atoms with Crippen molar-refractivity contribution in [1.82, 2.24) is 0 Å². The van der Waals surface area contributed by atoms with E-state index in [0.29, 0.717) is 0 Å². The van der Waals surface area contributed by atoms with Crippen LogP contribution in [0.25, 0.3) is 21.5 Å². The fourth-order valence-electron chi connectivity index (χ4n) is 4.52. The highest BCUT2D eigenvalue weighted by Gasteiger charge is 2.09. The van der Waals surface area contributed by atoms with Crippen molar-refractivity contribution < 1.29 is 0 Å². The average Bonchev–Trinajstić information content (AvgIpc) is 2.93. The number of rotatable bonds is 5. The summed E-state index contributed by atoms with van der Waals surface area (Å²) in [5.74, 6) is 0. The molecule has 0 aliphatic heterocycles. The van der Waals surface area contributed by atoms with Crippen molar-refractivity contribution in [3.05, 3.63) is 151 Å². The largest absolute Gasteiger partial charge is 0.355 e. The summed E-state index contributed by atoms with van der Waals surface area (Å²) in [4.78, 5) is 5.18. The fraction of sp³-hybridized carbons (Fsp3) is 0. The Bertz CT molecular complexity index is 1640. The third-order valence-corrected chi connectivity index (χ3v) is 6.27. The van der Waals surface area contributed by atoms with Crippen LogP contribution in [0.1, 0.15) is 11.1 Å². The molecule has 6 aromatic carbocycles. The van der Waals surface area contributed by atoms with E-state index in [1.807, 2.05) is 6.07 Å². The van der Waals surface area contributed by atoms with Gasteiger partial charge in [-0.15, -0.1) is 0 Å². The Kier molecular flexibility index (Phi) is 5.54. The van der Waals surface area contributed by atoms with Crippen LogP contribution in [-0.4, -0.2) is 5.71 Å². The Labute approximate surface area is 205 Å². The number of anilines is 2. The summed E-state index contributed by atoms with van der Waals surface area (Å²) in [5.41, 5.74) is 6.24. The Morgan fingerprint density at radius 2 is 1.03 bits per heavy atom. The molecule has 166 valence electrons. The zero-order valence-electron chi connectivity index (χ0n) is 19.2. The second-order valence-electron chi connectivity index (χ2n) is 8.55. The monoisotopic (exact) mass is 448 g/mol. The minimum atomic E-state index is 0.957. The van der Waals surface area contributed by atoms with Crippen LogP contribution in [-0.2, 0) is 0 Å². The molecule has 6 aromatic rings. The zero-order valence-corrected chi connectivity index (χ0v) is 19.2. The fourth-order valence-corrected chi connectivity index (χ4v) is 4.52. The lowest BCUT2D eigenvalue weighted by Gasteiger charge is -2.12. The first-order valence-electron chi connectivity index (χ1n) is 11.8. The molecule has 0 unspecified atom stereocenters. The van der Waals surface area contributed by atoms with Crippen LogP contribution in [0.4, 0.5) is 17.1 Å². The van der Waals surface area contributed by atoms with Gasteiger partial charge in [0.05, 0.1) is 11.4 Å². The topological polar surface area (TPSA) is 24.4 Å². The molecule has 0 spiro atoms. The van der Waals surface area contributed by atoms with Gasteiger partial charge in [0, 0.05) is 33.3 Å². The van der Waals surface area contributed by atoms with E-state index < -0.39 is 0 Å². The summed E-state index contributed by atoms with van der Waals surface area (Å²) in [6, 6.07) is 48.4. The van der Waals surface area contributed by atoms with E-state index in [0.717, 1.165) is 39.3 Å². The van der Waals surface area contributed by atoms with Crippen molar-refractivity contribution in [2.45, 2.75) is 0 Å². The van der Waals surface area contributed by atoms with E-state index in [-0.39, 0.29) is 0 Å². The number of nitrogens with zero attached hydrogens (tertiary/aromatic N) is 1. The van der Waals surface area contributed by atoms with Crippen LogP contribution in [0.15, 0.2) is 145 Å². The number of nitrogens with one attached hydrogen (secondary N) is 1. The van der Waals surface area contributed by atoms with Gasteiger partial charge in [-0.2, -0.15) is 0 Å². The zero-order chi connectivity index (χ0) is 23.5. The maximum Gasteiger partial charge on any atom is 0.0781 e. The van der Waals surface area contributed by atoms with Crippen molar-refractivity contribution in [2.75, 3.05) is 5.32 Å². The first kappa shape index (κ1) is 20.9. The van der Waals surface area contributed by atoms with Gasteiger partial charge in [0.2, 0.25) is 0 Å². The van der Waals surface area contributed by atoms with E-state index >= 15 is 0 Å². The lowest BCUT2D eigenvalue weighted by atomic mass is 10.0. The first-order chi connectivity index (χ1) is 17.3. The van der Waals surface area contributed by atoms with Gasteiger partial charge in [-0.05, 0) is 35.0 Å². The Morgan fingerprint density at radius 3 is 1.80 bits per heavy atom. The summed E-state index contributed by atoms with van der Waals surface area (Å²) in [5, 5.41) is 8.36. The van der Waals surface area contributed by atoms with E-state index in [1.54, 1.807) is 0 Å². The predicted octanol–water partition coefficient (Wildman–Crippen LogP) is 8.91. The number of hydrogen-bond donors (Lipinski definition) is 1. The van der Waals surface area contributed by atoms with Gasteiger partial charge in [0.1, 0.15) is 0 Å². The number of aliphatic imine (C=N–C) groups is 1. The predicted molar refractivity (Wildman–Crippen MR) is 149 cm³/mol. The molecule has 0 radical (unpaired) electrons. The normalized spacial score (nSPS) is 11.6. The van der Waals surface area contributed by atoms with Gasteiger partial charge in [0.25, 0.3) is 0 Å². The minimum Gasteiger partial charge on any atom is -0.355 e. The quantitative estimate of drug-likeness (QED) is 0.262. The van der Waals surface area contributed by atoms with Crippen LogP contribution in [0.5, 0.6) is 0 Å².